The number of para-hydroxylation sites is 1. The summed E-state index contributed by atoms with van der Waals surface area (Å²) in [6.07, 6.45) is 0.195. The van der Waals surface area contributed by atoms with E-state index in [1.165, 1.54) is 12.1 Å². The number of aliphatic hydroxyl groups is 2. The Morgan fingerprint density at radius 1 is 1.06 bits per heavy atom. The molecular weight excluding hydrogens is 399 g/mol. The van der Waals surface area contributed by atoms with E-state index in [-0.39, 0.29) is 5.82 Å². The Kier molecular flexibility index (Phi) is 4.97. The summed E-state index contributed by atoms with van der Waals surface area (Å²) in [6.45, 7) is 2.22. The van der Waals surface area contributed by atoms with Crippen LogP contribution in [0.25, 0.3) is 11.1 Å². The highest BCUT2D eigenvalue weighted by Gasteiger charge is 2.42. The number of aromatic nitrogens is 1. The molecule has 5 rings (SSSR count). The van der Waals surface area contributed by atoms with E-state index in [9.17, 15) is 14.6 Å². The fraction of sp³-hybridized carbons (Fsp3) is 0.261. The summed E-state index contributed by atoms with van der Waals surface area (Å²) < 4.78 is 21.1. The highest BCUT2D eigenvalue weighted by molar-refractivity contribution is 5.77. The quantitative estimate of drug-likeness (QED) is 0.600. The second kappa shape index (κ2) is 7.81. The molecule has 1 aromatic heterocycles. The van der Waals surface area contributed by atoms with Gasteiger partial charge in [0.15, 0.2) is 6.23 Å². The van der Waals surface area contributed by atoms with E-state index in [1.807, 2.05) is 41.5 Å². The second-order valence-electron chi connectivity index (χ2n) is 7.82. The maximum absolute atomic E-state index is 13.5. The molecule has 1 saturated heterocycles. The molecule has 2 aromatic carbocycles. The zero-order valence-corrected chi connectivity index (χ0v) is 16.9. The van der Waals surface area contributed by atoms with Gasteiger partial charge in [-0.1, -0.05) is 30.3 Å². The molecule has 7 nitrogen and oxygen atoms in total. The van der Waals surface area contributed by atoms with Gasteiger partial charge in [0, 0.05) is 17.3 Å². The number of rotatable bonds is 4. The molecule has 1 fully saturated rings. The van der Waals surface area contributed by atoms with E-state index < -0.39 is 24.5 Å². The lowest BCUT2D eigenvalue weighted by atomic mass is 10.0. The van der Waals surface area contributed by atoms with Gasteiger partial charge in [0.25, 0.3) is 0 Å². The number of nitrogens with zero attached hydrogens (tertiary/aromatic N) is 3. The van der Waals surface area contributed by atoms with Gasteiger partial charge in [-0.25, -0.2) is 9.38 Å². The highest BCUT2D eigenvalue weighted by atomic mass is 19.1. The van der Waals surface area contributed by atoms with Gasteiger partial charge in [-0.3, -0.25) is 10.4 Å². The van der Waals surface area contributed by atoms with Crippen molar-refractivity contribution >= 4 is 17.8 Å². The summed E-state index contributed by atoms with van der Waals surface area (Å²) in [7, 11) is 0. The third-order valence-electron chi connectivity index (χ3n) is 5.71. The van der Waals surface area contributed by atoms with Gasteiger partial charge in [-0.2, -0.15) is 0 Å². The van der Waals surface area contributed by atoms with Crippen LogP contribution in [0.15, 0.2) is 65.8 Å². The predicted molar refractivity (Wildman–Crippen MR) is 115 cm³/mol. The number of halogens is 1. The first-order chi connectivity index (χ1) is 15.0. The fourth-order valence-corrected chi connectivity index (χ4v) is 4.07. The lowest BCUT2D eigenvalue weighted by Gasteiger charge is -2.26. The number of nitrogens with one attached hydrogen (secondary N) is 1. The number of hydrogen-bond acceptors (Lipinski definition) is 6. The lowest BCUT2D eigenvalue weighted by Crippen LogP contribution is -2.31. The molecular formula is C23H23FN4O3. The topological polar surface area (TPSA) is 82.2 Å². The Morgan fingerprint density at radius 3 is 2.48 bits per heavy atom. The minimum Gasteiger partial charge on any atom is -0.388 e. The number of hydrazine groups is 1. The molecule has 0 aliphatic carbocycles. The van der Waals surface area contributed by atoms with Crippen LogP contribution < -0.4 is 5.43 Å². The van der Waals surface area contributed by atoms with E-state index in [0.29, 0.717) is 12.4 Å². The summed E-state index contributed by atoms with van der Waals surface area (Å²) in [5.74, 6) is 0.324. The standard InChI is InChI=1S/C23H23FN4O3/c1-14-20(29)21(30)23(31-14)28-12-18(15-7-9-16(24)10-8-15)19-11-27(13-25-22(19)28)26-17-5-3-2-4-6-17/h2-10,12-14,20-21,23,26,29-30H,11H2,1H3/t14-,20-,21-,23-/m1/s1. The van der Waals surface area contributed by atoms with Gasteiger partial charge in [0.05, 0.1) is 18.3 Å². The molecule has 0 radical (unpaired) electrons. The Hall–Kier alpha value is -3.20. The largest absolute Gasteiger partial charge is 0.388 e. The Morgan fingerprint density at radius 2 is 1.81 bits per heavy atom. The molecule has 31 heavy (non-hydrogen) atoms. The van der Waals surface area contributed by atoms with Crippen LogP contribution in [0.5, 0.6) is 0 Å². The second-order valence-corrected chi connectivity index (χ2v) is 7.82. The number of aliphatic imine (C=N–C) groups is 1. The van der Waals surface area contributed by atoms with Crippen LogP contribution in [0, 0.1) is 5.82 Å². The van der Waals surface area contributed by atoms with Crippen molar-refractivity contribution in [1.82, 2.24) is 9.58 Å². The maximum Gasteiger partial charge on any atom is 0.164 e. The van der Waals surface area contributed by atoms with E-state index in [1.54, 1.807) is 30.0 Å². The minimum atomic E-state index is -1.08. The number of benzene rings is 2. The summed E-state index contributed by atoms with van der Waals surface area (Å²) >= 11 is 0. The molecule has 3 aromatic rings. The van der Waals surface area contributed by atoms with Crippen LogP contribution in [-0.2, 0) is 11.3 Å². The van der Waals surface area contributed by atoms with Crippen molar-refractivity contribution < 1.29 is 19.3 Å². The van der Waals surface area contributed by atoms with Gasteiger partial charge < -0.3 is 19.5 Å². The molecule has 3 N–H and O–H groups in total. The van der Waals surface area contributed by atoms with Crippen LogP contribution in [0.1, 0.15) is 18.7 Å². The van der Waals surface area contributed by atoms with Crippen LogP contribution in [0.3, 0.4) is 0 Å². The SMILES string of the molecule is C[C@H]1O[C@@H](n2cc(-c3ccc(F)cc3)c3c2N=CN(Nc2ccccc2)C3)[C@H](O)[C@@H]1O. The average Bonchev–Trinajstić information content (AvgIpc) is 3.27. The molecule has 2 aliphatic heterocycles. The Bertz CT molecular complexity index is 1100. The molecule has 0 bridgehead atoms. The van der Waals surface area contributed by atoms with Gasteiger partial charge >= 0.3 is 0 Å². The molecule has 0 saturated carbocycles. The lowest BCUT2D eigenvalue weighted by molar-refractivity contribution is -0.0308. The van der Waals surface area contributed by atoms with Crippen molar-refractivity contribution in [1.29, 1.82) is 0 Å². The first kappa shape index (κ1) is 19.7. The number of fused-ring (bicyclic) bond motifs is 1. The summed E-state index contributed by atoms with van der Waals surface area (Å²) in [5, 5.41) is 22.6. The summed E-state index contributed by atoms with van der Waals surface area (Å²) in [5.41, 5.74) is 6.82. The van der Waals surface area contributed by atoms with Gasteiger partial charge in [-0.05, 0) is 36.8 Å². The molecule has 2 aliphatic rings. The molecule has 160 valence electrons. The normalized spacial score (nSPS) is 25.0. The molecule has 0 spiro atoms. The summed E-state index contributed by atoms with van der Waals surface area (Å²) in [6, 6.07) is 16.0. The number of hydrogen-bond donors (Lipinski definition) is 3. The van der Waals surface area contributed by atoms with Crippen LogP contribution in [-0.4, -0.2) is 44.4 Å². The maximum atomic E-state index is 13.5. The third-order valence-corrected chi connectivity index (χ3v) is 5.71. The van der Waals surface area contributed by atoms with Gasteiger partial charge in [0.1, 0.15) is 30.2 Å². The first-order valence-corrected chi connectivity index (χ1v) is 10.1. The van der Waals surface area contributed by atoms with E-state index in [2.05, 4.69) is 10.4 Å². The van der Waals surface area contributed by atoms with Crippen LogP contribution in [0.2, 0.25) is 0 Å². The smallest absolute Gasteiger partial charge is 0.164 e. The Labute approximate surface area is 179 Å². The zero-order chi connectivity index (χ0) is 21.5. The van der Waals surface area contributed by atoms with Crippen LogP contribution >= 0.6 is 0 Å². The van der Waals surface area contributed by atoms with E-state index >= 15 is 0 Å². The number of anilines is 1. The van der Waals surface area contributed by atoms with Crippen molar-refractivity contribution in [2.24, 2.45) is 4.99 Å². The number of aliphatic hydroxyl groups excluding tert-OH is 2. The first-order valence-electron chi connectivity index (χ1n) is 10.1. The minimum absolute atomic E-state index is 0.311. The van der Waals surface area contributed by atoms with E-state index in [4.69, 9.17) is 4.74 Å². The van der Waals surface area contributed by atoms with Crippen molar-refractivity contribution in [2.75, 3.05) is 5.43 Å². The average molecular weight is 422 g/mol. The molecule has 0 unspecified atom stereocenters. The van der Waals surface area contributed by atoms with Crippen molar-refractivity contribution in [3.05, 3.63) is 72.2 Å². The Balaban J connectivity index is 1.54. The monoisotopic (exact) mass is 422 g/mol. The molecule has 4 atom stereocenters. The van der Waals surface area contributed by atoms with Crippen molar-refractivity contribution in [3.8, 4) is 11.1 Å². The summed E-state index contributed by atoms with van der Waals surface area (Å²) in [4.78, 5) is 4.62. The van der Waals surface area contributed by atoms with Crippen LogP contribution in [0.4, 0.5) is 15.9 Å². The zero-order valence-electron chi connectivity index (χ0n) is 16.9. The molecule has 8 heteroatoms. The van der Waals surface area contributed by atoms with Crippen molar-refractivity contribution in [2.45, 2.75) is 38.0 Å². The fourth-order valence-electron chi connectivity index (χ4n) is 4.07. The molecule has 0 amide bonds. The molecule has 3 heterocycles. The van der Waals surface area contributed by atoms with Gasteiger partial charge in [0.2, 0.25) is 0 Å². The third kappa shape index (κ3) is 3.59. The van der Waals surface area contributed by atoms with Crippen molar-refractivity contribution in [3.63, 3.8) is 0 Å². The highest BCUT2D eigenvalue weighted by Crippen LogP contribution is 2.41. The number of ether oxygens (including phenoxy) is 1. The van der Waals surface area contributed by atoms with E-state index in [0.717, 1.165) is 22.4 Å². The predicted octanol–water partition coefficient (Wildman–Crippen LogP) is 3.44. The van der Waals surface area contributed by atoms with Gasteiger partial charge in [-0.15, -0.1) is 0 Å².